The van der Waals surface area contributed by atoms with Crippen molar-refractivity contribution in [3.05, 3.63) is 41.5 Å². The van der Waals surface area contributed by atoms with Crippen LogP contribution >= 0.6 is 11.8 Å². The highest BCUT2D eigenvalue weighted by Crippen LogP contribution is 2.25. The van der Waals surface area contributed by atoms with Crippen LogP contribution in [0.2, 0.25) is 0 Å². The minimum atomic E-state index is 1.18. The third-order valence-corrected chi connectivity index (χ3v) is 3.05. The maximum absolute atomic E-state index is 2.33. The van der Waals surface area contributed by atoms with Gasteiger partial charge in [0.05, 0.1) is 0 Å². The number of aryl methyl sites for hydroxylation is 1. The number of benzene rings is 1. The van der Waals surface area contributed by atoms with E-state index in [1.54, 1.807) is 0 Å². The second kappa shape index (κ2) is 3.36. The number of rotatable bonds is 1. The summed E-state index contributed by atoms with van der Waals surface area (Å²) >= 11 is 1.99. The molecular weight excluding hydrogens is 164 g/mol. The predicted molar refractivity (Wildman–Crippen MR) is 56.5 cm³/mol. The molecule has 1 aliphatic heterocycles. The second-order valence-electron chi connectivity index (χ2n) is 3.11. The zero-order chi connectivity index (χ0) is 8.39. The Balaban J connectivity index is 2.28. The smallest absolute Gasteiger partial charge is 0.0190 e. The zero-order valence-electron chi connectivity index (χ0n) is 7.21. The minimum Gasteiger partial charge on any atom is -0.153 e. The molecule has 0 bridgehead atoms. The fourth-order valence-electron chi connectivity index (χ4n) is 1.36. The van der Waals surface area contributed by atoms with E-state index in [1.807, 2.05) is 11.8 Å². The van der Waals surface area contributed by atoms with E-state index in [9.17, 15) is 0 Å². The van der Waals surface area contributed by atoms with Crippen molar-refractivity contribution in [3.8, 4) is 0 Å². The summed E-state index contributed by atoms with van der Waals surface area (Å²) in [5.41, 5.74) is 4.23. The lowest BCUT2D eigenvalue weighted by Crippen LogP contribution is -1.83. The Morgan fingerprint density at radius 2 is 1.92 bits per heavy atom. The summed E-state index contributed by atoms with van der Waals surface area (Å²) < 4.78 is 0. The third kappa shape index (κ3) is 1.56. The monoisotopic (exact) mass is 176 g/mol. The van der Waals surface area contributed by atoms with Crippen LogP contribution in [0.4, 0.5) is 0 Å². The highest BCUT2D eigenvalue weighted by Gasteiger charge is 2.05. The topological polar surface area (TPSA) is 0 Å². The van der Waals surface area contributed by atoms with Gasteiger partial charge in [-0.15, -0.1) is 0 Å². The van der Waals surface area contributed by atoms with Crippen LogP contribution in [-0.2, 0) is 0 Å². The van der Waals surface area contributed by atoms with Crippen LogP contribution in [0.25, 0.3) is 5.57 Å². The van der Waals surface area contributed by atoms with Crippen LogP contribution < -0.4 is 0 Å². The molecule has 0 radical (unpaired) electrons. The Morgan fingerprint density at radius 3 is 2.50 bits per heavy atom. The molecule has 0 atom stereocenters. The lowest BCUT2D eigenvalue weighted by atomic mass is 10.1. The van der Waals surface area contributed by atoms with Crippen molar-refractivity contribution in [1.29, 1.82) is 0 Å². The fourth-order valence-corrected chi connectivity index (χ4v) is 2.30. The Bertz CT molecular complexity index is 295. The summed E-state index contributed by atoms with van der Waals surface area (Å²) in [6.45, 7) is 2.13. The largest absolute Gasteiger partial charge is 0.153 e. The van der Waals surface area contributed by atoms with Gasteiger partial charge in [0.15, 0.2) is 0 Å². The maximum atomic E-state index is 2.33. The molecule has 0 aromatic heterocycles. The van der Waals surface area contributed by atoms with E-state index in [0.29, 0.717) is 0 Å². The standard InChI is InChI=1S/C11H12S/c1-9-2-4-10(5-3-9)11-6-7-12-8-11/h2-6H,7-8H2,1H3. The summed E-state index contributed by atoms with van der Waals surface area (Å²) in [5.74, 6) is 2.37. The first kappa shape index (κ1) is 7.93. The molecule has 1 heteroatoms. The van der Waals surface area contributed by atoms with Gasteiger partial charge in [-0.25, -0.2) is 0 Å². The molecule has 0 N–H and O–H groups in total. The molecule has 0 amide bonds. The van der Waals surface area contributed by atoms with Crippen molar-refractivity contribution in [2.45, 2.75) is 6.92 Å². The lowest BCUT2D eigenvalue weighted by Gasteiger charge is -2.01. The first-order valence-electron chi connectivity index (χ1n) is 4.20. The second-order valence-corrected chi connectivity index (χ2v) is 4.14. The first-order valence-corrected chi connectivity index (χ1v) is 5.35. The van der Waals surface area contributed by atoms with Gasteiger partial charge < -0.3 is 0 Å². The third-order valence-electron chi connectivity index (χ3n) is 2.13. The van der Waals surface area contributed by atoms with Gasteiger partial charge in [-0.3, -0.25) is 0 Å². The first-order chi connectivity index (χ1) is 5.86. The van der Waals surface area contributed by atoms with Crippen molar-refractivity contribution < 1.29 is 0 Å². The fraction of sp³-hybridized carbons (Fsp3) is 0.273. The molecule has 1 heterocycles. The van der Waals surface area contributed by atoms with E-state index >= 15 is 0 Å². The summed E-state index contributed by atoms with van der Waals surface area (Å²) in [6, 6.07) is 8.79. The summed E-state index contributed by atoms with van der Waals surface area (Å²) in [5, 5.41) is 0. The molecule has 12 heavy (non-hydrogen) atoms. The van der Waals surface area contributed by atoms with E-state index in [4.69, 9.17) is 0 Å². The minimum absolute atomic E-state index is 1.18. The molecule has 2 rings (SSSR count). The van der Waals surface area contributed by atoms with Gasteiger partial charge in [0.25, 0.3) is 0 Å². The molecule has 0 aliphatic carbocycles. The van der Waals surface area contributed by atoms with E-state index in [2.05, 4.69) is 37.3 Å². The van der Waals surface area contributed by atoms with Crippen molar-refractivity contribution in [1.82, 2.24) is 0 Å². The van der Waals surface area contributed by atoms with Crippen LogP contribution in [0.15, 0.2) is 30.3 Å². The molecule has 0 nitrogen and oxygen atoms in total. The Labute approximate surface area is 77.7 Å². The van der Waals surface area contributed by atoms with Gasteiger partial charge in [-0.2, -0.15) is 11.8 Å². The van der Waals surface area contributed by atoms with Crippen LogP contribution in [0.3, 0.4) is 0 Å². The van der Waals surface area contributed by atoms with Crippen molar-refractivity contribution >= 4 is 17.3 Å². The Kier molecular flexibility index (Phi) is 2.22. The predicted octanol–water partition coefficient (Wildman–Crippen LogP) is 3.13. The molecule has 0 spiro atoms. The van der Waals surface area contributed by atoms with Gasteiger partial charge in [0, 0.05) is 11.5 Å². The normalized spacial score (nSPS) is 16.2. The average Bonchev–Trinajstić information content (AvgIpc) is 2.58. The van der Waals surface area contributed by atoms with Crippen molar-refractivity contribution in [3.63, 3.8) is 0 Å². The van der Waals surface area contributed by atoms with E-state index in [1.165, 1.54) is 28.2 Å². The molecule has 0 unspecified atom stereocenters. The summed E-state index contributed by atoms with van der Waals surface area (Å²) in [4.78, 5) is 0. The molecule has 0 saturated heterocycles. The number of hydrogen-bond donors (Lipinski definition) is 0. The van der Waals surface area contributed by atoms with Gasteiger partial charge in [-0.05, 0) is 18.1 Å². The molecule has 1 aromatic rings. The van der Waals surface area contributed by atoms with Crippen molar-refractivity contribution in [2.24, 2.45) is 0 Å². The number of hydrogen-bond acceptors (Lipinski definition) is 1. The van der Waals surface area contributed by atoms with Crippen molar-refractivity contribution in [2.75, 3.05) is 11.5 Å². The van der Waals surface area contributed by atoms with Crippen LogP contribution in [0.5, 0.6) is 0 Å². The maximum Gasteiger partial charge on any atom is 0.0190 e. The Hall–Kier alpha value is -0.690. The average molecular weight is 176 g/mol. The lowest BCUT2D eigenvalue weighted by molar-refractivity contribution is 1.45. The van der Waals surface area contributed by atoms with E-state index < -0.39 is 0 Å². The molecule has 0 fully saturated rings. The van der Waals surface area contributed by atoms with Crippen LogP contribution in [0, 0.1) is 6.92 Å². The van der Waals surface area contributed by atoms with E-state index in [0.717, 1.165) is 0 Å². The zero-order valence-corrected chi connectivity index (χ0v) is 8.03. The van der Waals surface area contributed by atoms with Gasteiger partial charge in [0.1, 0.15) is 0 Å². The van der Waals surface area contributed by atoms with E-state index in [-0.39, 0.29) is 0 Å². The molecule has 62 valence electrons. The van der Waals surface area contributed by atoms with Gasteiger partial charge >= 0.3 is 0 Å². The molecule has 1 aliphatic rings. The SMILES string of the molecule is Cc1ccc(C2=CCSC2)cc1. The summed E-state index contributed by atoms with van der Waals surface area (Å²) in [7, 11) is 0. The highest BCUT2D eigenvalue weighted by atomic mass is 32.2. The highest BCUT2D eigenvalue weighted by molar-refractivity contribution is 8.00. The van der Waals surface area contributed by atoms with Crippen LogP contribution in [0.1, 0.15) is 11.1 Å². The molecular formula is C11H12S. The quantitative estimate of drug-likeness (QED) is 0.633. The van der Waals surface area contributed by atoms with Gasteiger partial charge in [-0.1, -0.05) is 35.9 Å². The summed E-state index contributed by atoms with van der Waals surface area (Å²) in [6.07, 6.45) is 2.33. The number of thioether (sulfide) groups is 1. The molecule has 0 saturated carbocycles. The van der Waals surface area contributed by atoms with Gasteiger partial charge in [0.2, 0.25) is 0 Å². The Morgan fingerprint density at radius 1 is 1.17 bits per heavy atom. The van der Waals surface area contributed by atoms with Crippen LogP contribution in [-0.4, -0.2) is 11.5 Å². The molecule has 1 aromatic carbocycles.